The number of benzene rings is 1. The van der Waals surface area contributed by atoms with Crippen LogP contribution in [0.15, 0.2) is 35.0 Å². The summed E-state index contributed by atoms with van der Waals surface area (Å²) in [4.78, 5) is 37.1. The SMILES string of the molecule is COC(=O)c1cc(CNC(=O)C2CCOC(C)(C)C2)cc(NC(=O)Cc2ccsc2)c1. The second-order valence-electron chi connectivity index (χ2n) is 8.28. The Balaban J connectivity index is 1.68. The van der Waals surface area contributed by atoms with Gasteiger partial charge in [-0.15, -0.1) is 0 Å². The monoisotopic (exact) mass is 444 g/mol. The normalized spacial score (nSPS) is 17.6. The lowest BCUT2D eigenvalue weighted by Crippen LogP contribution is -2.41. The number of esters is 1. The highest BCUT2D eigenvalue weighted by Crippen LogP contribution is 2.28. The first-order chi connectivity index (χ1) is 14.8. The lowest BCUT2D eigenvalue weighted by atomic mass is 9.88. The molecule has 2 N–H and O–H groups in total. The molecule has 2 heterocycles. The van der Waals surface area contributed by atoms with E-state index in [0.29, 0.717) is 36.3 Å². The number of hydrogen-bond acceptors (Lipinski definition) is 6. The van der Waals surface area contributed by atoms with Gasteiger partial charge in [0.25, 0.3) is 0 Å². The van der Waals surface area contributed by atoms with E-state index in [2.05, 4.69) is 10.6 Å². The Morgan fingerprint density at radius 3 is 2.71 bits per heavy atom. The van der Waals surface area contributed by atoms with Crippen molar-refractivity contribution in [3.05, 3.63) is 51.7 Å². The summed E-state index contributed by atoms with van der Waals surface area (Å²) in [7, 11) is 1.30. The van der Waals surface area contributed by atoms with E-state index in [1.807, 2.05) is 30.7 Å². The van der Waals surface area contributed by atoms with Gasteiger partial charge in [-0.25, -0.2) is 4.79 Å². The molecule has 3 rings (SSSR count). The summed E-state index contributed by atoms with van der Waals surface area (Å²) in [5, 5.41) is 9.62. The predicted octanol–water partition coefficient (Wildman–Crippen LogP) is 3.54. The number of hydrogen-bond donors (Lipinski definition) is 2. The molecule has 1 fully saturated rings. The average molecular weight is 445 g/mol. The molecule has 0 radical (unpaired) electrons. The van der Waals surface area contributed by atoms with Crippen LogP contribution in [-0.2, 0) is 32.0 Å². The highest BCUT2D eigenvalue weighted by atomic mass is 32.1. The van der Waals surface area contributed by atoms with Crippen LogP contribution in [0.5, 0.6) is 0 Å². The first kappa shape index (κ1) is 23.0. The van der Waals surface area contributed by atoms with Gasteiger partial charge in [-0.1, -0.05) is 0 Å². The van der Waals surface area contributed by atoms with Crippen LogP contribution in [0, 0.1) is 5.92 Å². The van der Waals surface area contributed by atoms with E-state index in [0.717, 1.165) is 5.56 Å². The van der Waals surface area contributed by atoms with Crippen LogP contribution in [-0.4, -0.2) is 37.1 Å². The molecule has 1 aromatic heterocycles. The quantitative estimate of drug-likeness (QED) is 0.637. The molecule has 0 aliphatic carbocycles. The van der Waals surface area contributed by atoms with Crippen LogP contribution < -0.4 is 10.6 Å². The summed E-state index contributed by atoms with van der Waals surface area (Å²) >= 11 is 1.53. The molecular weight excluding hydrogens is 416 g/mol. The van der Waals surface area contributed by atoms with Gasteiger partial charge in [0.15, 0.2) is 0 Å². The van der Waals surface area contributed by atoms with Crippen molar-refractivity contribution < 1.29 is 23.9 Å². The third kappa shape index (κ3) is 6.63. The number of methoxy groups -OCH3 is 1. The molecule has 1 aliphatic rings. The Labute approximate surface area is 186 Å². The van der Waals surface area contributed by atoms with Crippen molar-refractivity contribution in [3.63, 3.8) is 0 Å². The van der Waals surface area contributed by atoms with Gasteiger partial charge in [-0.3, -0.25) is 9.59 Å². The highest BCUT2D eigenvalue weighted by molar-refractivity contribution is 7.08. The summed E-state index contributed by atoms with van der Waals surface area (Å²) in [6, 6.07) is 6.89. The maximum absolute atomic E-state index is 12.6. The molecule has 166 valence electrons. The summed E-state index contributed by atoms with van der Waals surface area (Å²) in [5.41, 5.74) is 2.11. The van der Waals surface area contributed by atoms with Crippen LogP contribution in [0.25, 0.3) is 0 Å². The van der Waals surface area contributed by atoms with Crippen molar-refractivity contribution in [3.8, 4) is 0 Å². The maximum atomic E-state index is 12.6. The van der Waals surface area contributed by atoms with E-state index >= 15 is 0 Å². The molecular formula is C23H28N2O5S. The minimum absolute atomic E-state index is 0.0390. The first-order valence-corrected chi connectivity index (χ1v) is 11.1. The van der Waals surface area contributed by atoms with Crippen LogP contribution in [0.2, 0.25) is 0 Å². The van der Waals surface area contributed by atoms with E-state index < -0.39 is 5.97 Å². The Hall–Kier alpha value is -2.71. The third-order valence-electron chi connectivity index (χ3n) is 5.18. The molecule has 1 saturated heterocycles. The number of anilines is 1. The molecule has 1 atom stereocenters. The smallest absolute Gasteiger partial charge is 0.337 e. The number of amides is 2. The summed E-state index contributed by atoms with van der Waals surface area (Å²) in [6.07, 6.45) is 1.59. The Morgan fingerprint density at radius 1 is 1.23 bits per heavy atom. The fourth-order valence-electron chi connectivity index (χ4n) is 3.67. The maximum Gasteiger partial charge on any atom is 0.337 e. The molecule has 31 heavy (non-hydrogen) atoms. The highest BCUT2D eigenvalue weighted by Gasteiger charge is 2.32. The van der Waals surface area contributed by atoms with Crippen molar-refractivity contribution in [2.24, 2.45) is 5.92 Å². The van der Waals surface area contributed by atoms with E-state index in [-0.39, 0.29) is 36.3 Å². The van der Waals surface area contributed by atoms with Crippen molar-refractivity contribution in [1.82, 2.24) is 5.32 Å². The van der Waals surface area contributed by atoms with Crippen molar-refractivity contribution in [2.45, 2.75) is 45.3 Å². The number of thiophene rings is 1. The fraction of sp³-hybridized carbons (Fsp3) is 0.435. The van der Waals surface area contributed by atoms with E-state index in [1.54, 1.807) is 18.2 Å². The first-order valence-electron chi connectivity index (χ1n) is 10.2. The van der Waals surface area contributed by atoms with Gasteiger partial charge in [-0.05, 0) is 72.8 Å². The Bertz CT molecular complexity index is 939. The molecule has 1 aliphatic heterocycles. The topological polar surface area (TPSA) is 93.7 Å². The lowest BCUT2D eigenvalue weighted by Gasteiger charge is -2.34. The molecule has 8 heteroatoms. The molecule has 2 amide bonds. The fourth-order valence-corrected chi connectivity index (χ4v) is 4.34. The minimum Gasteiger partial charge on any atom is -0.465 e. The summed E-state index contributed by atoms with van der Waals surface area (Å²) in [6.45, 7) is 4.77. The number of carbonyl (C=O) groups is 3. The lowest BCUT2D eigenvalue weighted by molar-refractivity contribution is -0.135. The van der Waals surface area contributed by atoms with Crippen LogP contribution in [0.4, 0.5) is 5.69 Å². The molecule has 0 bridgehead atoms. The second kappa shape index (κ2) is 10.1. The summed E-state index contributed by atoms with van der Waals surface area (Å²) in [5.74, 6) is -0.840. The number of carbonyl (C=O) groups excluding carboxylic acids is 3. The zero-order valence-corrected chi connectivity index (χ0v) is 18.8. The van der Waals surface area contributed by atoms with Crippen molar-refractivity contribution in [2.75, 3.05) is 19.0 Å². The third-order valence-corrected chi connectivity index (χ3v) is 5.91. The standard InChI is InChI=1S/C23H28N2O5S/c1-23(2)12-17(4-6-30-23)21(27)24-13-16-8-18(22(28)29-3)11-19(9-16)25-20(26)10-15-5-7-31-14-15/h5,7-9,11,14,17H,4,6,10,12-13H2,1-3H3,(H,24,27)(H,25,26). The van der Waals surface area contributed by atoms with Crippen LogP contribution in [0.3, 0.4) is 0 Å². The van der Waals surface area contributed by atoms with Crippen LogP contribution in [0.1, 0.15) is 48.2 Å². The van der Waals surface area contributed by atoms with E-state index in [9.17, 15) is 14.4 Å². The zero-order valence-electron chi connectivity index (χ0n) is 18.0. The van der Waals surface area contributed by atoms with Gasteiger partial charge in [0.1, 0.15) is 0 Å². The van der Waals surface area contributed by atoms with E-state index in [1.165, 1.54) is 18.4 Å². The van der Waals surface area contributed by atoms with Crippen LogP contribution >= 0.6 is 11.3 Å². The minimum atomic E-state index is -0.507. The van der Waals surface area contributed by atoms with E-state index in [4.69, 9.17) is 9.47 Å². The summed E-state index contributed by atoms with van der Waals surface area (Å²) < 4.78 is 10.5. The second-order valence-corrected chi connectivity index (χ2v) is 9.06. The molecule has 0 spiro atoms. The van der Waals surface area contributed by atoms with Gasteiger partial charge in [0, 0.05) is 24.8 Å². The Kier molecular flexibility index (Phi) is 7.46. The predicted molar refractivity (Wildman–Crippen MR) is 119 cm³/mol. The number of rotatable bonds is 7. The van der Waals surface area contributed by atoms with Crippen molar-refractivity contribution >= 4 is 34.8 Å². The van der Waals surface area contributed by atoms with Gasteiger partial charge >= 0.3 is 5.97 Å². The van der Waals surface area contributed by atoms with Gasteiger partial charge in [0.2, 0.25) is 11.8 Å². The largest absolute Gasteiger partial charge is 0.465 e. The average Bonchev–Trinajstić information content (AvgIpc) is 3.23. The molecule has 1 aromatic carbocycles. The number of ether oxygens (including phenoxy) is 2. The Morgan fingerprint density at radius 2 is 2.03 bits per heavy atom. The zero-order chi connectivity index (χ0) is 22.4. The molecule has 1 unspecified atom stereocenters. The number of nitrogens with one attached hydrogen (secondary N) is 2. The van der Waals surface area contributed by atoms with Gasteiger partial charge < -0.3 is 20.1 Å². The molecule has 2 aromatic rings. The molecule has 7 nitrogen and oxygen atoms in total. The molecule has 0 saturated carbocycles. The van der Waals surface area contributed by atoms with Gasteiger partial charge in [0.05, 0.1) is 24.7 Å². The van der Waals surface area contributed by atoms with Crippen molar-refractivity contribution in [1.29, 1.82) is 0 Å². The van der Waals surface area contributed by atoms with Gasteiger partial charge in [-0.2, -0.15) is 11.3 Å².